The van der Waals surface area contributed by atoms with Crippen LogP contribution in [0.25, 0.3) is 0 Å². The Morgan fingerprint density at radius 2 is 2.13 bits per heavy atom. The van der Waals surface area contributed by atoms with Gasteiger partial charge in [-0.1, -0.05) is 35.2 Å². The molecule has 0 radical (unpaired) electrons. The third kappa shape index (κ3) is 5.15. The molecule has 3 N–H and O–H groups in total. The smallest absolute Gasteiger partial charge is 0.236 e. The van der Waals surface area contributed by atoms with Crippen molar-refractivity contribution in [1.29, 1.82) is 5.26 Å². The summed E-state index contributed by atoms with van der Waals surface area (Å²) >= 11 is 3.84. The fourth-order valence-corrected chi connectivity index (χ4v) is 6.71. The van der Waals surface area contributed by atoms with Crippen LogP contribution in [0.2, 0.25) is 0 Å². The highest BCUT2D eigenvalue weighted by molar-refractivity contribution is 8.01. The molecule has 1 unspecified atom stereocenters. The van der Waals surface area contributed by atoms with Crippen LogP contribution in [0.4, 0.5) is 10.3 Å². The van der Waals surface area contributed by atoms with Crippen LogP contribution >= 0.6 is 34.4 Å². The Morgan fingerprint density at radius 3 is 2.84 bits per heavy atom. The molecule has 2 aliphatic rings. The van der Waals surface area contributed by atoms with Gasteiger partial charge in [0.05, 0.1) is 29.9 Å². The van der Waals surface area contributed by atoms with E-state index in [9.17, 15) is 14.9 Å². The number of ether oxygens (including phenoxy) is 1. The van der Waals surface area contributed by atoms with Gasteiger partial charge in [0.15, 0.2) is 15.3 Å². The minimum Gasteiger partial charge on any atom is -0.494 e. The third-order valence-corrected chi connectivity index (χ3v) is 8.76. The fourth-order valence-electron chi connectivity index (χ4n) is 4.48. The second kappa shape index (κ2) is 11.3. The van der Waals surface area contributed by atoms with Crippen molar-refractivity contribution in [2.45, 2.75) is 36.4 Å². The zero-order chi connectivity index (χ0) is 26.6. The lowest BCUT2D eigenvalue weighted by Gasteiger charge is -2.38. The summed E-state index contributed by atoms with van der Waals surface area (Å²) in [6, 6.07) is 9.67. The Kier molecular flexibility index (Phi) is 7.73. The number of hydrogen-bond donors (Lipinski definition) is 2. The number of aromatic nitrogens is 3. The first kappa shape index (κ1) is 25.9. The lowest BCUT2D eigenvalue weighted by Crippen LogP contribution is -2.38. The van der Waals surface area contributed by atoms with Gasteiger partial charge >= 0.3 is 0 Å². The van der Waals surface area contributed by atoms with E-state index in [-0.39, 0.29) is 28.8 Å². The van der Waals surface area contributed by atoms with Crippen LogP contribution in [0.5, 0.6) is 5.75 Å². The minimum absolute atomic E-state index is 0.00615. The minimum atomic E-state index is -0.564. The number of nitrogens with two attached hydrogens (primary N) is 1. The number of allylic oxidation sites excluding steroid dienone is 3. The maximum absolute atomic E-state index is 13.3. The van der Waals surface area contributed by atoms with Crippen molar-refractivity contribution in [3.63, 3.8) is 0 Å². The number of benzene rings is 1. The summed E-state index contributed by atoms with van der Waals surface area (Å²) in [7, 11) is 0. The number of rotatable bonds is 8. The molecule has 0 bridgehead atoms. The van der Waals surface area contributed by atoms with E-state index in [4.69, 9.17) is 10.5 Å². The van der Waals surface area contributed by atoms with Crippen LogP contribution in [0, 0.1) is 11.3 Å². The van der Waals surface area contributed by atoms with E-state index in [1.165, 1.54) is 34.4 Å². The number of nitrogens with one attached hydrogen (secondary N) is 1. The zero-order valence-electron chi connectivity index (χ0n) is 20.3. The average Bonchev–Trinajstić information content (AvgIpc) is 3.60. The molecule has 1 aliphatic heterocycles. The number of thioether (sulfide) groups is 1. The standard InChI is InChI=1S/C25H23N7O3S3/c1-2-35-15-8-6-14(7-9-15)20-16(12-26)22(27)32(17-4-3-5-18(33)21(17)20)24-30-31-25(38-24)37-13-19(34)29-23-28-10-11-36-23/h6-11,20H,2-5,13,27H2,1H3,(H,28,29,34). The quantitative estimate of drug-likeness (QED) is 0.376. The van der Waals surface area contributed by atoms with Crippen LogP contribution in [-0.4, -0.2) is 39.2 Å². The van der Waals surface area contributed by atoms with Gasteiger partial charge in [-0.25, -0.2) is 4.98 Å². The fraction of sp³-hybridized carbons (Fsp3) is 0.280. The summed E-state index contributed by atoms with van der Waals surface area (Å²) in [6.45, 7) is 2.45. The molecule has 194 valence electrons. The van der Waals surface area contributed by atoms with Gasteiger partial charge in [0, 0.05) is 29.3 Å². The highest BCUT2D eigenvalue weighted by atomic mass is 32.2. The van der Waals surface area contributed by atoms with Gasteiger partial charge in [0.2, 0.25) is 11.0 Å². The molecule has 0 spiro atoms. The van der Waals surface area contributed by atoms with Gasteiger partial charge < -0.3 is 15.8 Å². The Morgan fingerprint density at radius 1 is 1.32 bits per heavy atom. The normalized spacial score (nSPS) is 17.3. The van der Waals surface area contributed by atoms with Crippen LogP contribution in [0.15, 0.2) is 62.8 Å². The molecule has 1 aliphatic carbocycles. The van der Waals surface area contributed by atoms with Crippen molar-refractivity contribution in [2.75, 3.05) is 22.6 Å². The molecule has 38 heavy (non-hydrogen) atoms. The molecular weight excluding hydrogens is 543 g/mol. The lowest BCUT2D eigenvalue weighted by atomic mass is 9.76. The van der Waals surface area contributed by atoms with Gasteiger partial charge in [-0.15, -0.1) is 21.5 Å². The number of carbonyl (C=O) groups excluding carboxylic acids is 2. The first-order chi connectivity index (χ1) is 18.5. The lowest BCUT2D eigenvalue weighted by molar-refractivity contribution is -0.116. The SMILES string of the molecule is CCOc1ccc(C2C(C#N)=C(N)N(c3nnc(SCC(=O)Nc4nccs4)s3)C3=C2C(=O)CCC3)cc1. The summed E-state index contributed by atoms with van der Waals surface area (Å²) in [5.41, 5.74) is 9.00. The molecule has 1 aromatic carbocycles. The second-order valence-electron chi connectivity index (χ2n) is 8.34. The van der Waals surface area contributed by atoms with Gasteiger partial charge in [-0.05, 0) is 37.5 Å². The van der Waals surface area contributed by atoms with Gasteiger partial charge in [-0.3, -0.25) is 14.5 Å². The van der Waals surface area contributed by atoms with E-state index in [0.29, 0.717) is 51.8 Å². The number of hydrogen-bond acceptors (Lipinski definition) is 12. The first-order valence-electron chi connectivity index (χ1n) is 11.8. The van der Waals surface area contributed by atoms with Crippen molar-refractivity contribution < 1.29 is 14.3 Å². The summed E-state index contributed by atoms with van der Waals surface area (Å²) in [5, 5.41) is 24.2. The summed E-state index contributed by atoms with van der Waals surface area (Å²) in [4.78, 5) is 31.2. The molecule has 2 aromatic heterocycles. The Labute approximate surface area is 231 Å². The number of ketones is 1. The van der Waals surface area contributed by atoms with Gasteiger partial charge in [0.25, 0.3) is 0 Å². The first-order valence-corrected chi connectivity index (χ1v) is 14.5. The van der Waals surface area contributed by atoms with E-state index in [2.05, 4.69) is 26.6 Å². The van der Waals surface area contributed by atoms with E-state index in [1.807, 2.05) is 31.2 Å². The molecule has 13 heteroatoms. The maximum Gasteiger partial charge on any atom is 0.236 e. The monoisotopic (exact) mass is 565 g/mol. The van der Waals surface area contributed by atoms with E-state index < -0.39 is 5.92 Å². The van der Waals surface area contributed by atoms with Gasteiger partial charge in [0.1, 0.15) is 11.6 Å². The average molecular weight is 566 g/mol. The maximum atomic E-state index is 13.3. The topological polar surface area (TPSA) is 147 Å². The number of nitriles is 1. The number of carbonyl (C=O) groups is 2. The Bertz CT molecular complexity index is 1460. The molecule has 0 fully saturated rings. The highest BCUT2D eigenvalue weighted by Crippen LogP contribution is 2.47. The predicted octanol–water partition coefficient (Wildman–Crippen LogP) is 4.43. The van der Waals surface area contributed by atoms with Crippen molar-refractivity contribution in [2.24, 2.45) is 5.73 Å². The van der Waals surface area contributed by atoms with E-state index in [1.54, 1.807) is 16.5 Å². The molecule has 0 saturated heterocycles. The zero-order valence-corrected chi connectivity index (χ0v) is 22.8. The number of nitrogens with zero attached hydrogens (tertiary/aromatic N) is 5. The van der Waals surface area contributed by atoms with Crippen molar-refractivity contribution in [1.82, 2.24) is 15.2 Å². The number of anilines is 2. The molecule has 1 atom stereocenters. The van der Waals surface area contributed by atoms with Gasteiger partial charge in [-0.2, -0.15) is 5.26 Å². The molecular formula is C25H23N7O3S3. The molecule has 5 rings (SSSR count). The predicted molar refractivity (Wildman–Crippen MR) is 147 cm³/mol. The van der Waals surface area contributed by atoms with Crippen molar-refractivity contribution in [3.8, 4) is 11.8 Å². The molecule has 0 saturated carbocycles. The molecule has 10 nitrogen and oxygen atoms in total. The van der Waals surface area contributed by atoms with Crippen molar-refractivity contribution in [3.05, 3.63) is 64.1 Å². The second-order valence-corrected chi connectivity index (χ2v) is 11.4. The van der Waals surface area contributed by atoms with Crippen LogP contribution in [-0.2, 0) is 9.59 Å². The van der Waals surface area contributed by atoms with Crippen molar-refractivity contribution >= 4 is 56.4 Å². The largest absolute Gasteiger partial charge is 0.494 e. The Balaban J connectivity index is 1.44. The van der Waals surface area contributed by atoms with Crippen LogP contribution in [0.1, 0.15) is 37.7 Å². The molecule has 1 amide bonds. The number of thiazole rings is 1. The summed E-state index contributed by atoms with van der Waals surface area (Å²) < 4.78 is 6.12. The summed E-state index contributed by atoms with van der Waals surface area (Å²) in [6.07, 6.45) is 3.32. The van der Waals surface area contributed by atoms with E-state index >= 15 is 0 Å². The molecule has 3 heterocycles. The van der Waals surface area contributed by atoms with Crippen LogP contribution in [0.3, 0.4) is 0 Å². The highest BCUT2D eigenvalue weighted by Gasteiger charge is 2.41. The Hall–Kier alpha value is -3.73. The third-order valence-electron chi connectivity index (χ3n) is 6.03. The number of amides is 1. The van der Waals surface area contributed by atoms with E-state index in [0.717, 1.165) is 11.3 Å². The summed E-state index contributed by atoms with van der Waals surface area (Å²) in [5.74, 6) is 0.308. The van der Waals surface area contributed by atoms with Crippen LogP contribution < -0.4 is 20.7 Å². The molecule has 3 aromatic rings. The number of Topliss-reactive ketones (excluding diaryl/α,β-unsaturated/α-hetero) is 1.